The molecule has 0 aliphatic carbocycles. The summed E-state index contributed by atoms with van der Waals surface area (Å²) in [6.45, 7) is 3.16. The zero-order valence-electron chi connectivity index (χ0n) is 4.61. The summed E-state index contributed by atoms with van der Waals surface area (Å²) < 4.78 is 0. The molecule has 0 aromatic carbocycles. The third-order valence-electron chi connectivity index (χ3n) is 1.03. The lowest BCUT2D eigenvalue weighted by Crippen LogP contribution is -2.24. The van der Waals surface area contributed by atoms with Gasteiger partial charge in [0.05, 0.1) is 0 Å². The Morgan fingerprint density at radius 1 is 1.50 bits per heavy atom. The van der Waals surface area contributed by atoms with Crippen LogP contribution in [0.3, 0.4) is 0 Å². The Kier molecular flexibility index (Phi) is 1.86. The normalized spacial score (nSPS) is 21.8. The Hall–Kier alpha value is -0.570. The largest absolute Gasteiger partial charge is 0.355 e. The van der Waals surface area contributed by atoms with Crippen molar-refractivity contribution in [2.75, 3.05) is 13.1 Å². The van der Waals surface area contributed by atoms with Gasteiger partial charge in [-0.05, 0) is 13.0 Å². The van der Waals surface area contributed by atoms with E-state index in [9.17, 15) is 4.79 Å². The van der Waals surface area contributed by atoms with E-state index >= 15 is 0 Å². The van der Waals surface area contributed by atoms with Crippen LogP contribution in [-0.2, 0) is 4.79 Å². The van der Waals surface area contributed by atoms with Gasteiger partial charge in [0.2, 0.25) is 5.91 Å². The third-order valence-corrected chi connectivity index (χ3v) is 1.03. The Morgan fingerprint density at radius 3 is 3.25 bits per heavy atom. The zero-order chi connectivity index (χ0) is 5.82. The van der Waals surface area contributed by atoms with Crippen LogP contribution < -0.4 is 10.6 Å². The predicted molar refractivity (Wildman–Crippen MR) is 29.9 cm³/mol. The van der Waals surface area contributed by atoms with E-state index in [1.165, 1.54) is 6.54 Å². The molecule has 0 aromatic rings. The summed E-state index contributed by atoms with van der Waals surface area (Å²) >= 11 is 0. The smallest absolute Gasteiger partial charge is 0.239 e. The molecule has 2 N–H and O–H groups in total. The van der Waals surface area contributed by atoms with Crippen molar-refractivity contribution >= 4 is 5.91 Å². The van der Waals surface area contributed by atoms with E-state index in [0.29, 0.717) is 0 Å². The van der Waals surface area contributed by atoms with E-state index in [0.717, 1.165) is 19.5 Å². The molecule has 8 heavy (non-hydrogen) atoms. The van der Waals surface area contributed by atoms with Gasteiger partial charge in [0.15, 0.2) is 0 Å². The maximum absolute atomic E-state index is 10.5. The summed E-state index contributed by atoms with van der Waals surface area (Å²) in [5.74, 6) is -0.0116. The summed E-state index contributed by atoms with van der Waals surface area (Å²) in [6, 6.07) is 0. The van der Waals surface area contributed by atoms with Gasteiger partial charge in [-0.15, -0.1) is 0 Å². The molecular weight excluding hydrogens is 104 g/mol. The average molecular weight is 113 g/mol. The first-order chi connectivity index (χ1) is 3.89. The van der Waals surface area contributed by atoms with Crippen molar-refractivity contribution in [2.45, 2.75) is 6.42 Å². The number of carbonyl (C=O) groups is 1. The molecule has 0 unspecified atom stereocenters. The number of amides is 1. The Balaban J connectivity index is 2.27. The SMILES string of the molecule is O=C1[CH]NCCCN1. The molecule has 1 rings (SSSR count). The van der Waals surface area contributed by atoms with Crippen LogP contribution >= 0.6 is 0 Å². The van der Waals surface area contributed by atoms with Crippen LogP contribution in [0.1, 0.15) is 6.42 Å². The minimum Gasteiger partial charge on any atom is -0.355 e. The maximum Gasteiger partial charge on any atom is 0.239 e. The fourth-order valence-corrected chi connectivity index (χ4v) is 0.618. The molecule has 0 spiro atoms. The first-order valence-corrected chi connectivity index (χ1v) is 2.74. The van der Waals surface area contributed by atoms with Crippen LogP contribution in [0.4, 0.5) is 0 Å². The number of hydrogen-bond donors (Lipinski definition) is 2. The zero-order valence-corrected chi connectivity index (χ0v) is 4.61. The summed E-state index contributed by atoms with van der Waals surface area (Å²) in [6.07, 6.45) is 1.02. The quantitative estimate of drug-likeness (QED) is 0.434. The van der Waals surface area contributed by atoms with Crippen LogP contribution in [0.25, 0.3) is 0 Å². The van der Waals surface area contributed by atoms with Crippen molar-refractivity contribution in [3.63, 3.8) is 0 Å². The second-order valence-corrected chi connectivity index (χ2v) is 1.74. The second kappa shape index (κ2) is 2.67. The minimum absolute atomic E-state index is 0.0116. The topological polar surface area (TPSA) is 41.1 Å². The fraction of sp³-hybridized carbons (Fsp3) is 0.600. The van der Waals surface area contributed by atoms with Gasteiger partial charge in [-0.3, -0.25) is 4.79 Å². The van der Waals surface area contributed by atoms with Crippen molar-refractivity contribution in [1.29, 1.82) is 0 Å². The highest BCUT2D eigenvalue weighted by atomic mass is 16.1. The Morgan fingerprint density at radius 2 is 2.38 bits per heavy atom. The predicted octanol–water partition coefficient (Wildman–Crippen LogP) is -0.742. The molecule has 45 valence electrons. The number of nitrogens with one attached hydrogen (secondary N) is 2. The lowest BCUT2D eigenvalue weighted by molar-refractivity contribution is -0.117. The van der Waals surface area contributed by atoms with Gasteiger partial charge in [-0.25, -0.2) is 0 Å². The average Bonchev–Trinajstić information content (AvgIpc) is 1.94. The number of hydrogen-bond acceptors (Lipinski definition) is 2. The van der Waals surface area contributed by atoms with Crippen LogP contribution in [0.5, 0.6) is 0 Å². The van der Waals surface area contributed by atoms with Gasteiger partial charge in [0.1, 0.15) is 6.54 Å². The van der Waals surface area contributed by atoms with Crippen molar-refractivity contribution < 1.29 is 4.79 Å². The lowest BCUT2D eigenvalue weighted by atomic mass is 10.4. The first kappa shape index (κ1) is 5.56. The van der Waals surface area contributed by atoms with Crippen LogP contribution in [0.15, 0.2) is 0 Å². The summed E-state index contributed by atoms with van der Waals surface area (Å²) in [7, 11) is 0. The highest BCUT2D eigenvalue weighted by Crippen LogP contribution is 1.81. The number of carbonyl (C=O) groups excluding carboxylic acids is 1. The summed E-state index contributed by atoms with van der Waals surface area (Å²) in [5.41, 5.74) is 0. The van der Waals surface area contributed by atoms with Crippen molar-refractivity contribution in [1.82, 2.24) is 10.6 Å². The molecule has 0 saturated carbocycles. The maximum atomic E-state index is 10.5. The first-order valence-electron chi connectivity index (χ1n) is 2.74. The van der Waals surface area contributed by atoms with Gasteiger partial charge < -0.3 is 10.6 Å². The Labute approximate surface area is 48.5 Å². The second-order valence-electron chi connectivity index (χ2n) is 1.74. The van der Waals surface area contributed by atoms with E-state index < -0.39 is 0 Å². The molecule has 1 saturated heterocycles. The molecule has 3 heteroatoms. The van der Waals surface area contributed by atoms with Crippen LogP contribution in [0, 0.1) is 6.54 Å². The summed E-state index contributed by atoms with van der Waals surface area (Å²) in [4.78, 5) is 10.5. The molecule has 1 heterocycles. The highest BCUT2D eigenvalue weighted by molar-refractivity contribution is 5.84. The van der Waals surface area contributed by atoms with Gasteiger partial charge in [0, 0.05) is 6.54 Å². The molecule has 3 nitrogen and oxygen atoms in total. The monoisotopic (exact) mass is 113 g/mol. The molecule has 0 aromatic heterocycles. The van der Waals surface area contributed by atoms with Gasteiger partial charge in [-0.1, -0.05) is 0 Å². The highest BCUT2D eigenvalue weighted by Gasteiger charge is 2.02. The van der Waals surface area contributed by atoms with E-state index in [4.69, 9.17) is 0 Å². The van der Waals surface area contributed by atoms with Crippen molar-refractivity contribution in [3.05, 3.63) is 6.54 Å². The van der Waals surface area contributed by atoms with Gasteiger partial charge in [0.25, 0.3) is 0 Å². The summed E-state index contributed by atoms with van der Waals surface area (Å²) in [5, 5.41) is 5.55. The third kappa shape index (κ3) is 1.50. The van der Waals surface area contributed by atoms with E-state index in [-0.39, 0.29) is 5.91 Å². The molecule has 1 radical (unpaired) electrons. The van der Waals surface area contributed by atoms with Gasteiger partial charge >= 0.3 is 0 Å². The van der Waals surface area contributed by atoms with E-state index in [1.54, 1.807) is 0 Å². The van der Waals surface area contributed by atoms with Gasteiger partial charge in [-0.2, -0.15) is 0 Å². The lowest BCUT2D eigenvalue weighted by Gasteiger charge is -1.92. The molecule has 1 amide bonds. The fourth-order valence-electron chi connectivity index (χ4n) is 0.618. The minimum atomic E-state index is -0.0116. The molecule has 1 aliphatic heterocycles. The van der Waals surface area contributed by atoms with Crippen molar-refractivity contribution in [3.8, 4) is 0 Å². The number of rotatable bonds is 0. The standard InChI is InChI=1S/C5H9N2O/c8-5-4-6-2-1-3-7-5/h4,6H,1-3H2,(H,7,8). The molecular formula is C5H9N2O. The van der Waals surface area contributed by atoms with E-state index in [1.807, 2.05) is 0 Å². The molecule has 0 bridgehead atoms. The van der Waals surface area contributed by atoms with Crippen molar-refractivity contribution in [2.24, 2.45) is 0 Å². The molecule has 0 atom stereocenters. The molecule has 1 aliphatic rings. The van der Waals surface area contributed by atoms with Crippen LogP contribution in [0.2, 0.25) is 0 Å². The molecule has 1 fully saturated rings. The van der Waals surface area contributed by atoms with E-state index in [2.05, 4.69) is 10.6 Å². The van der Waals surface area contributed by atoms with Crippen LogP contribution in [-0.4, -0.2) is 19.0 Å². The Bertz CT molecular complexity index is 82.4.